The van der Waals surface area contributed by atoms with Crippen molar-refractivity contribution in [2.75, 3.05) is 7.11 Å². The molecular weight excluding hydrogens is 216 g/mol. The number of hydrogen-bond donors (Lipinski definition) is 1. The van der Waals surface area contributed by atoms with E-state index >= 15 is 0 Å². The van der Waals surface area contributed by atoms with Crippen molar-refractivity contribution in [1.82, 2.24) is 20.4 Å². The number of rotatable bonds is 2. The van der Waals surface area contributed by atoms with Crippen molar-refractivity contribution in [2.45, 2.75) is 6.92 Å². The van der Waals surface area contributed by atoms with Crippen LogP contribution in [-0.2, 0) is 4.74 Å². The van der Waals surface area contributed by atoms with Gasteiger partial charge in [0.25, 0.3) is 0 Å². The molecule has 0 amide bonds. The number of ether oxygens (including phenoxy) is 1. The van der Waals surface area contributed by atoms with Crippen LogP contribution in [0.4, 0.5) is 0 Å². The maximum Gasteiger partial charge on any atom is 0.360 e. The summed E-state index contributed by atoms with van der Waals surface area (Å²) in [7, 11) is 1.31. The summed E-state index contributed by atoms with van der Waals surface area (Å²) in [6.07, 6.45) is 0. The zero-order valence-electron chi connectivity index (χ0n) is 8.14. The molecule has 0 aliphatic rings. The quantitative estimate of drug-likeness (QED) is 0.770. The molecule has 0 fully saturated rings. The van der Waals surface area contributed by atoms with Gasteiger partial charge in [0.05, 0.1) is 23.2 Å². The number of thiazole rings is 1. The molecule has 0 aliphatic heterocycles. The van der Waals surface area contributed by atoms with Crippen LogP contribution >= 0.6 is 11.3 Å². The Labute approximate surface area is 89.3 Å². The molecule has 0 spiro atoms. The molecule has 1 N–H and O–H groups in total. The van der Waals surface area contributed by atoms with E-state index in [0.717, 1.165) is 10.6 Å². The summed E-state index contributed by atoms with van der Waals surface area (Å²) in [5.41, 5.74) is 3.19. The van der Waals surface area contributed by atoms with Gasteiger partial charge in [0, 0.05) is 0 Å². The van der Waals surface area contributed by atoms with E-state index < -0.39 is 5.97 Å². The van der Waals surface area contributed by atoms with Gasteiger partial charge in [0.1, 0.15) is 5.69 Å². The number of nitrogens with one attached hydrogen (secondary N) is 1. The summed E-state index contributed by atoms with van der Waals surface area (Å²) in [6.45, 7) is 1.85. The van der Waals surface area contributed by atoms with E-state index in [1.807, 2.05) is 6.92 Å². The fourth-order valence-electron chi connectivity index (χ4n) is 1.16. The summed E-state index contributed by atoms with van der Waals surface area (Å²) >= 11 is 1.41. The molecule has 0 aliphatic carbocycles. The van der Waals surface area contributed by atoms with Crippen LogP contribution < -0.4 is 0 Å². The van der Waals surface area contributed by atoms with Gasteiger partial charge in [-0.1, -0.05) is 0 Å². The third kappa shape index (κ3) is 1.61. The van der Waals surface area contributed by atoms with Crippen LogP contribution in [0, 0.1) is 6.92 Å². The van der Waals surface area contributed by atoms with Gasteiger partial charge in [0.15, 0.2) is 5.69 Å². The molecule has 2 heterocycles. The molecule has 15 heavy (non-hydrogen) atoms. The van der Waals surface area contributed by atoms with Crippen molar-refractivity contribution < 1.29 is 9.53 Å². The molecule has 0 saturated heterocycles. The molecule has 0 bridgehead atoms. The van der Waals surface area contributed by atoms with E-state index in [9.17, 15) is 4.79 Å². The number of nitrogens with zero attached hydrogens (tertiary/aromatic N) is 3. The Morgan fingerprint density at radius 3 is 2.93 bits per heavy atom. The fourth-order valence-corrected chi connectivity index (χ4v) is 1.95. The number of aromatic nitrogens is 4. The van der Waals surface area contributed by atoms with Crippen molar-refractivity contribution in [3.8, 4) is 10.6 Å². The highest BCUT2D eigenvalue weighted by molar-refractivity contribution is 7.13. The Kier molecular flexibility index (Phi) is 2.46. The topological polar surface area (TPSA) is 80.8 Å². The maximum absolute atomic E-state index is 11.3. The van der Waals surface area contributed by atoms with Crippen LogP contribution in [0.1, 0.15) is 16.2 Å². The van der Waals surface area contributed by atoms with Crippen molar-refractivity contribution in [2.24, 2.45) is 0 Å². The van der Waals surface area contributed by atoms with Gasteiger partial charge in [-0.05, 0) is 6.92 Å². The Bertz CT molecular complexity index is 490. The minimum absolute atomic E-state index is 0.185. The molecule has 0 radical (unpaired) electrons. The predicted octanol–water partition coefficient (Wildman–Crippen LogP) is 1.02. The minimum Gasteiger partial charge on any atom is -0.464 e. The summed E-state index contributed by atoms with van der Waals surface area (Å²) in [5, 5.41) is 10.1. The smallest absolute Gasteiger partial charge is 0.360 e. The molecule has 0 atom stereocenters. The SMILES string of the molecule is COC(=O)c1n[nH]nc1-c1scnc1C. The first kappa shape index (κ1) is 9.78. The minimum atomic E-state index is -0.508. The lowest BCUT2D eigenvalue weighted by Crippen LogP contribution is -2.03. The second kappa shape index (κ2) is 3.77. The average molecular weight is 224 g/mol. The molecular formula is C8H8N4O2S. The van der Waals surface area contributed by atoms with Crippen LogP contribution in [0.25, 0.3) is 10.6 Å². The average Bonchev–Trinajstić information content (AvgIpc) is 2.84. The van der Waals surface area contributed by atoms with Crippen molar-refractivity contribution >= 4 is 17.3 Å². The number of carbonyl (C=O) groups is 1. The van der Waals surface area contributed by atoms with Crippen molar-refractivity contribution in [3.05, 3.63) is 16.9 Å². The Morgan fingerprint density at radius 2 is 2.33 bits per heavy atom. The van der Waals surface area contributed by atoms with E-state index in [-0.39, 0.29) is 5.69 Å². The largest absolute Gasteiger partial charge is 0.464 e. The van der Waals surface area contributed by atoms with Crippen molar-refractivity contribution in [3.63, 3.8) is 0 Å². The standard InChI is InChI=1S/C8H8N4O2S/c1-4-7(15-3-9-4)5-6(8(13)14-2)11-12-10-5/h3H,1-2H3,(H,10,11,12). The zero-order valence-corrected chi connectivity index (χ0v) is 8.96. The number of esters is 1. The molecule has 2 rings (SSSR count). The van der Waals surface area contributed by atoms with Crippen LogP contribution in [0.15, 0.2) is 5.51 Å². The lowest BCUT2D eigenvalue weighted by molar-refractivity contribution is 0.0595. The van der Waals surface area contributed by atoms with Crippen LogP contribution in [0.2, 0.25) is 0 Å². The van der Waals surface area contributed by atoms with Gasteiger partial charge in [-0.3, -0.25) is 0 Å². The molecule has 0 aromatic carbocycles. The monoisotopic (exact) mass is 224 g/mol. The Morgan fingerprint density at radius 1 is 1.53 bits per heavy atom. The maximum atomic E-state index is 11.3. The second-order valence-electron chi connectivity index (χ2n) is 2.78. The number of H-pyrrole nitrogens is 1. The Hall–Kier alpha value is -1.76. The van der Waals surface area contributed by atoms with Gasteiger partial charge in [0.2, 0.25) is 0 Å². The lowest BCUT2D eigenvalue weighted by Gasteiger charge is -1.96. The van der Waals surface area contributed by atoms with Gasteiger partial charge in [-0.25, -0.2) is 9.78 Å². The highest BCUT2D eigenvalue weighted by Crippen LogP contribution is 2.27. The molecule has 2 aromatic heterocycles. The van der Waals surface area contributed by atoms with Gasteiger partial charge >= 0.3 is 5.97 Å². The normalized spacial score (nSPS) is 10.3. The first-order valence-corrected chi connectivity index (χ1v) is 5.01. The highest BCUT2D eigenvalue weighted by atomic mass is 32.1. The molecule has 6 nitrogen and oxygen atoms in total. The first-order chi connectivity index (χ1) is 7.24. The highest BCUT2D eigenvalue weighted by Gasteiger charge is 2.20. The predicted molar refractivity (Wildman–Crippen MR) is 53.6 cm³/mol. The van der Waals surface area contributed by atoms with Gasteiger partial charge in [-0.2, -0.15) is 10.3 Å². The van der Waals surface area contributed by atoms with E-state index in [2.05, 4.69) is 25.1 Å². The number of aryl methyl sites for hydroxylation is 1. The second-order valence-corrected chi connectivity index (χ2v) is 3.63. The van der Waals surface area contributed by atoms with E-state index in [0.29, 0.717) is 5.69 Å². The molecule has 78 valence electrons. The number of carbonyl (C=O) groups excluding carboxylic acids is 1. The van der Waals surface area contributed by atoms with E-state index in [4.69, 9.17) is 0 Å². The molecule has 0 saturated carbocycles. The third-order valence-electron chi connectivity index (χ3n) is 1.89. The summed E-state index contributed by atoms with van der Waals surface area (Å²) < 4.78 is 4.60. The third-order valence-corrected chi connectivity index (χ3v) is 2.82. The van der Waals surface area contributed by atoms with E-state index in [1.54, 1.807) is 5.51 Å². The lowest BCUT2D eigenvalue weighted by atomic mass is 10.2. The van der Waals surface area contributed by atoms with Gasteiger partial charge in [-0.15, -0.1) is 16.4 Å². The summed E-state index contributed by atoms with van der Waals surface area (Å²) in [6, 6.07) is 0. The molecule has 2 aromatic rings. The van der Waals surface area contributed by atoms with Crippen molar-refractivity contribution in [1.29, 1.82) is 0 Å². The van der Waals surface area contributed by atoms with Crippen LogP contribution in [0.3, 0.4) is 0 Å². The first-order valence-electron chi connectivity index (χ1n) is 4.13. The number of methoxy groups -OCH3 is 1. The van der Waals surface area contributed by atoms with Crippen LogP contribution in [-0.4, -0.2) is 33.5 Å². The van der Waals surface area contributed by atoms with E-state index in [1.165, 1.54) is 18.4 Å². The summed E-state index contributed by atoms with van der Waals surface area (Å²) in [4.78, 5) is 16.2. The summed E-state index contributed by atoms with van der Waals surface area (Å²) in [5.74, 6) is -0.508. The Balaban J connectivity index is 2.50. The molecule has 0 unspecified atom stereocenters. The number of aromatic amines is 1. The fraction of sp³-hybridized carbons (Fsp3) is 0.250. The zero-order chi connectivity index (χ0) is 10.8. The number of hydrogen-bond acceptors (Lipinski definition) is 6. The van der Waals surface area contributed by atoms with Gasteiger partial charge < -0.3 is 4.74 Å². The molecule has 7 heteroatoms. The van der Waals surface area contributed by atoms with Crippen LogP contribution in [0.5, 0.6) is 0 Å².